The third kappa shape index (κ3) is 6.09. The Labute approximate surface area is 215 Å². The normalized spacial score (nSPS) is 23.1. The predicted octanol–water partition coefficient (Wildman–Crippen LogP) is 6.98. The number of ether oxygens (including phenoxy) is 2. The lowest BCUT2D eigenvalue weighted by Gasteiger charge is -2.50. The van der Waals surface area contributed by atoms with E-state index in [4.69, 9.17) is 18.9 Å². The fourth-order valence-corrected chi connectivity index (χ4v) is 6.75. The van der Waals surface area contributed by atoms with Gasteiger partial charge in [0, 0.05) is 29.9 Å². The third-order valence-electron chi connectivity index (χ3n) is 6.46. The van der Waals surface area contributed by atoms with Crippen LogP contribution in [0.5, 0.6) is 0 Å². The van der Waals surface area contributed by atoms with Gasteiger partial charge in [-0.25, -0.2) is 4.98 Å². The smallest absolute Gasteiger partial charge is 0.276 e. The van der Waals surface area contributed by atoms with Crippen molar-refractivity contribution in [3.05, 3.63) is 60.7 Å². The lowest BCUT2D eigenvalue weighted by atomic mass is 9.74. The molecule has 1 fully saturated rings. The van der Waals surface area contributed by atoms with Crippen molar-refractivity contribution in [2.45, 2.75) is 63.9 Å². The SMILES string of the molecule is COC1(O[SiH](C)C)OC(CSc2nc(-c3ccccc3)c(-c3ccccc3)[nH]2)CCC1C(C)(C)C. The van der Waals surface area contributed by atoms with Gasteiger partial charge in [0.1, 0.15) is 0 Å². The number of hydrogen-bond acceptors (Lipinski definition) is 5. The van der Waals surface area contributed by atoms with Crippen molar-refractivity contribution in [1.82, 2.24) is 9.97 Å². The van der Waals surface area contributed by atoms with Gasteiger partial charge in [-0.05, 0) is 31.4 Å². The Hall–Kier alpha value is -1.90. The topological polar surface area (TPSA) is 56.4 Å². The molecule has 188 valence electrons. The second kappa shape index (κ2) is 11.0. The number of aromatic nitrogens is 2. The van der Waals surface area contributed by atoms with Gasteiger partial charge < -0.3 is 18.9 Å². The molecule has 3 aromatic rings. The van der Waals surface area contributed by atoms with Crippen LogP contribution in [-0.4, -0.2) is 43.9 Å². The number of methoxy groups -OCH3 is 1. The Kier molecular flexibility index (Phi) is 8.23. The first-order valence-corrected chi connectivity index (χ1v) is 16.2. The summed E-state index contributed by atoms with van der Waals surface area (Å²) in [5, 5.41) is 0.895. The van der Waals surface area contributed by atoms with Gasteiger partial charge in [-0.2, -0.15) is 0 Å². The Morgan fingerprint density at radius 3 is 2.23 bits per heavy atom. The van der Waals surface area contributed by atoms with Crippen LogP contribution in [0.1, 0.15) is 33.6 Å². The van der Waals surface area contributed by atoms with Crippen molar-refractivity contribution >= 4 is 20.8 Å². The highest BCUT2D eigenvalue weighted by Gasteiger charge is 2.52. The predicted molar refractivity (Wildman–Crippen MR) is 147 cm³/mol. The second-order valence-electron chi connectivity index (χ2n) is 10.5. The molecule has 3 atom stereocenters. The molecule has 0 aliphatic carbocycles. The average Bonchev–Trinajstić information content (AvgIpc) is 3.27. The number of benzene rings is 2. The number of hydrogen-bond donors (Lipinski definition) is 1. The van der Waals surface area contributed by atoms with Crippen LogP contribution in [0.25, 0.3) is 22.5 Å². The van der Waals surface area contributed by atoms with E-state index in [1.54, 1.807) is 18.9 Å². The van der Waals surface area contributed by atoms with Gasteiger partial charge in [0.25, 0.3) is 5.97 Å². The van der Waals surface area contributed by atoms with Crippen molar-refractivity contribution in [3.8, 4) is 22.5 Å². The minimum Gasteiger partial charge on any atom is -0.372 e. The molecule has 0 spiro atoms. The number of rotatable bonds is 8. The second-order valence-corrected chi connectivity index (χ2v) is 13.9. The molecule has 0 saturated carbocycles. The van der Waals surface area contributed by atoms with Gasteiger partial charge in [-0.15, -0.1) is 0 Å². The van der Waals surface area contributed by atoms with Crippen LogP contribution in [0.3, 0.4) is 0 Å². The molecule has 1 N–H and O–H groups in total. The van der Waals surface area contributed by atoms with Gasteiger partial charge in [0.2, 0.25) is 0 Å². The van der Waals surface area contributed by atoms with E-state index >= 15 is 0 Å². The Bertz CT molecular complexity index is 1030. The lowest BCUT2D eigenvalue weighted by Crippen LogP contribution is -2.57. The van der Waals surface area contributed by atoms with Crippen LogP contribution >= 0.6 is 11.8 Å². The summed E-state index contributed by atoms with van der Waals surface area (Å²) in [7, 11) is 0.324. The standard InChI is InChI=1S/C28H38N2O3SSi/c1-27(2,3)23-18-17-22(32-28(23,31-4)33-35(5)6)19-34-26-29-24(20-13-9-7-10-14-20)25(30-26)21-15-11-8-12-16-21/h7-16,22-23,35H,17-19H2,1-6H3,(H,29,30). The minimum atomic E-state index is -1.39. The summed E-state index contributed by atoms with van der Waals surface area (Å²) in [6, 6.07) is 20.7. The molecule has 1 aliphatic heterocycles. The van der Waals surface area contributed by atoms with Crippen molar-refractivity contribution < 1.29 is 13.9 Å². The summed E-state index contributed by atoms with van der Waals surface area (Å²) in [5.41, 5.74) is 4.26. The summed E-state index contributed by atoms with van der Waals surface area (Å²) in [6.45, 7) is 11.1. The molecule has 5 nitrogen and oxygen atoms in total. The van der Waals surface area contributed by atoms with Crippen molar-refractivity contribution in [3.63, 3.8) is 0 Å². The van der Waals surface area contributed by atoms with E-state index in [2.05, 4.69) is 87.4 Å². The van der Waals surface area contributed by atoms with Crippen LogP contribution in [-0.2, 0) is 13.9 Å². The van der Waals surface area contributed by atoms with Crippen molar-refractivity contribution in [2.24, 2.45) is 11.3 Å². The van der Waals surface area contributed by atoms with E-state index in [1.165, 1.54) is 0 Å². The zero-order valence-corrected chi connectivity index (χ0v) is 23.7. The summed E-state index contributed by atoms with van der Waals surface area (Å²) in [4.78, 5) is 8.57. The molecule has 2 heterocycles. The van der Waals surface area contributed by atoms with E-state index in [0.717, 1.165) is 46.3 Å². The minimum absolute atomic E-state index is 0.0214. The maximum absolute atomic E-state index is 6.63. The highest BCUT2D eigenvalue weighted by Crippen LogP contribution is 2.47. The fraction of sp³-hybridized carbons (Fsp3) is 0.464. The highest BCUT2D eigenvalue weighted by molar-refractivity contribution is 7.99. The molecule has 0 amide bonds. The molecular weight excluding hydrogens is 472 g/mol. The molecule has 1 saturated heterocycles. The fourth-order valence-electron chi connectivity index (χ4n) is 4.87. The Balaban J connectivity index is 1.55. The van der Waals surface area contributed by atoms with Gasteiger partial charge in [0.15, 0.2) is 14.2 Å². The molecule has 2 aromatic carbocycles. The van der Waals surface area contributed by atoms with E-state index in [1.807, 2.05) is 12.1 Å². The third-order valence-corrected chi connectivity index (χ3v) is 8.27. The Morgan fingerprint density at radius 2 is 1.66 bits per heavy atom. The monoisotopic (exact) mass is 510 g/mol. The van der Waals surface area contributed by atoms with Crippen LogP contribution in [0, 0.1) is 11.3 Å². The van der Waals surface area contributed by atoms with Crippen LogP contribution in [0.15, 0.2) is 65.8 Å². The zero-order valence-electron chi connectivity index (χ0n) is 21.7. The van der Waals surface area contributed by atoms with Crippen LogP contribution in [0.2, 0.25) is 13.1 Å². The molecule has 1 aromatic heterocycles. The Morgan fingerprint density at radius 1 is 1.03 bits per heavy atom. The first kappa shape index (κ1) is 26.2. The van der Waals surface area contributed by atoms with E-state index < -0.39 is 15.0 Å². The van der Waals surface area contributed by atoms with Crippen LogP contribution < -0.4 is 0 Å². The summed E-state index contributed by atoms with van der Waals surface area (Å²) < 4.78 is 19.1. The number of H-pyrrole nitrogens is 1. The molecule has 1 aliphatic rings. The summed E-state index contributed by atoms with van der Waals surface area (Å²) >= 11 is 1.70. The lowest BCUT2D eigenvalue weighted by molar-refractivity contribution is -0.402. The van der Waals surface area contributed by atoms with E-state index in [9.17, 15) is 0 Å². The van der Waals surface area contributed by atoms with E-state index in [0.29, 0.717) is 0 Å². The van der Waals surface area contributed by atoms with E-state index in [-0.39, 0.29) is 17.4 Å². The number of aromatic amines is 1. The zero-order chi connectivity index (χ0) is 25.1. The quantitative estimate of drug-likeness (QED) is 0.201. The largest absolute Gasteiger partial charge is 0.372 e. The maximum Gasteiger partial charge on any atom is 0.276 e. The summed E-state index contributed by atoms with van der Waals surface area (Å²) in [6.07, 6.45) is 2.00. The summed E-state index contributed by atoms with van der Waals surface area (Å²) in [5.74, 6) is -0.0227. The molecule has 4 rings (SSSR count). The van der Waals surface area contributed by atoms with Gasteiger partial charge >= 0.3 is 0 Å². The average molecular weight is 511 g/mol. The molecule has 7 heteroatoms. The van der Waals surface area contributed by atoms with Crippen molar-refractivity contribution in [2.75, 3.05) is 12.9 Å². The highest BCUT2D eigenvalue weighted by atomic mass is 32.2. The van der Waals surface area contributed by atoms with Gasteiger partial charge in [-0.3, -0.25) is 0 Å². The first-order valence-electron chi connectivity index (χ1n) is 12.5. The molecular formula is C28H38N2O3SSi. The molecule has 3 unspecified atom stereocenters. The molecule has 35 heavy (non-hydrogen) atoms. The van der Waals surface area contributed by atoms with Crippen molar-refractivity contribution in [1.29, 1.82) is 0 Å². The van der Waals surface area contributed by atoms with Gasteiger partial charge in [-0.1, -0.05) is 93.2 Å². The maximum atomic E-state index is 6.63. The number of nitrogens with zero attached hydrogens (tertiary/aromatic N) is 1. The number of imidazole rings is 1. The molecule has 0 bridgehead atoms. The van der Waals surface area contributed by atoms with Crippen LogP contribution in [0.4, 0.5) is 0 Å². The number of nitrogens with one attached hydrogen (secondary N) is 1. The first-order chi connectivity index (χ1) is 16.7. The molecule has 0 radical (unpaired) electrons. The van der Waals surface area contributed by atoms with Gasteiger partial charge in [0.05, 0.1) is 17.5 Å². The number of thioether (sulfide) groups is 1.